The molecule has 15 nitrogen and oxygen atoms in total. The quantitative estimate of drug-likeness (QED) is 0.0348. The van der Waals surface area contributed by atoms with Gasteiger partial charge in [0.1, 0.15) is 16.5 Å². The summed E-state index contributed by atoms with van der Waals surface area (Å²) in [5.41, 5.74) is 4.49. The van der Waals surface area contributed by atoms with Gasteiger partial charge in [-0.05, 0) is 87.9 Å². The molecule has 5 N–H and O–H groups in total. The van der Waals surface area contributed by atoms with Gasteiger partial charge >= 0.3 is 0 Å². The summed E-state index contributed by atoms with van der Waals surface area (Å²) in [4.78, 5) is 27.0. The van der Waals surface area contributed by atoms with E-state index in [1.807, 2.05) is 121 Å². The number of nitrogens with one attached hydrogen (secondary N) is 4. The molecule has 2 heterocycles. The van der Waals surface area contributed by atoms with E-state index in [-0.39, 0.29) is 45.2 Å². The van der Waals surface area contributed by atoms with Crippen LogP contribution in [0.15, 0.2) is 168 Å². The molecule has 0 amide bonds. The molecule has 63 heavy (non-hydrogen) atoms. The first-order valence-electron chi connectivity index (χ1n) is 19.4. The van der Waals surface area contributed by atoms with Crippen LogP contribution in [-0.4, -0.2) is 51.6 Å². The van der Waals surface area contributed by atoms with E-state index in [1.165, 1.54) is 30.4 Å². The van der Waals surface area contributed by atoms with E-state index in [9.17, 15) is 21.7 Å². The van der Waals surface area contributed by atoms with Gasteiger partial charge in [0.2, 0.25) is 23.8 Å². The highest BCUT2D eigenvalue weighted by molar-refractivity contribution is 7.86. The van der Waals surface area contributed by atoms with Crippen LogP contribution in [0.2, 0.25) is 0 Å². The number of rotatable bonds is 16. The lowest BCUT2D eigenvalue weighted by molar-refractivity contribution is 0.483. The largest absolute Gasteiger partial charge is 0.768 e. The fraction of sp³-hybridized carbons (Fsp3) is 0.0435. The first-order chi connectivity index (χ1) is 30.6. The summed E-state index contributed by atoms with van der Waals surface area (Å²) in [6, 6.07) is 47.0. The van der Waals surface area contributed by atoms with Gasteiger partial charge < -0.3 is 25.8 Å². The van der Waals surface area contributed by atoms with E-state index in [0.29, 0.717) is 35.3 Å². The third-order valence-corrected chi connectivity index (χ3v) is 10.9. The summed E-state index contributed by atoms with van der Waals surface area (Å²) in [5.74, 6) is 1.79. The van der Waals surface area contributed by atoms with Gasteiger partial charge in [-0.3, -0.25) is 8.76 Å². The Labute approximate surface area is 365 Å². The zero-order valence-electron chi connectivity index (χ0n) is 33.2. The van der Waals surface area contributed by atoms with Crippen molar-refractivity contribution in [3.05, 3.63) is 192 Å². The zero-order chi connectivity index (χ0) is 43.6. The van der Waals surface area contributed by atoms with Crippen molar-refractivity contribution in [2.45, 2.75) is 22.6 Å². The fourth-order valence-corrected chi connectivity index (χ4v) is 7.68. The smallest absolute Gasteiger partial charge is 0.295 e. The van der Waals surface area contributed by atoms with Gasteiger partial charge in [-0.2, -0.15) is 33.3 Å². The Balaban J connectivity index is 1.05. The highest BCUT2D eigenvalue weighted by Gasteiger charge is 2.17. The van der Waals surface area contributed by atoms with Gasteiger partial charge in [0.25, 0.3) is 10.1 Å². The zero-order valence-corrected chi connectivity index (χ0v) is 34.8. The Kier molecular flexibility index (Phi) is 12.9. The first kappa shape index (κ1) is 42.0. The lowest BCUT2D eigenvalue weighted by Crippen LogP contribution is -2.09. The Bertz CT molecular complexity index is 2900. The molecule has 1 atom stereocenters. The Morgan fingerprint density at radius 1 is 0.492 bits per heavy atom. The maximum Gasteiger partial charge on any atom is 0.295 e. The normalized spacial score (nSPS) is 11.8. The van der Waals surface area contributed by atoms with Crippen LogP contribution in [0, 0.1) is 0 Å². The van der Waals surface area contributed by atoms with Crippen molar-refractivity contribution in [2.24, 2.45) is 0 Å². The predicted molar refractivity (Wildman–Crippen MR) is 243 cm³/mol. The molecule has 17 heteroatoms. The Morgan fingerprint density at radius 3 is 1.41 bits per heavy atom. The Morgan fingerprint density at radius 2 is 0.921 bits per heavy atom. The third kappa shape index (κ3) is 11.6. The standard InChI is InChI=1S/C46H38N10O5S2/c57-62(58)39-30-38(50-46-55-44(48-36-17-9-3-10-18-36)54-45(56-46)49-37-19-11-4-12-20-37)26-25-33(39)23-24-34-22-21-32(27-40(34)63(59,60)61)29-42-51-41(28-31-13-5-1-6-14-31)52-43(53-42)47-35-15-7-2-8-16-35/h1-27,30H,28-29H2,(H,57,58)(H,59,60,61)(H,47,51,52,53)(H3,48,49,50,54,55,56)/p-1/b24-23+. The summed E-state index contributed by atoms with van der Waals surface area (Å²) in [7, 11) is -4.74. The van der Waals surface area contributed by atoms with Crippen LogP contribution in [0.25, 0.3) is 12.2 Å². The molecule has 8 rings (SSSR count). The molecule has 0 saturated carbocycles. The molecule has 1 unspecified atom stereocenters. The van der Waals surface area contributed by atoms with Crippen molar-refractivity contribution in [3.8, 4) is 0 Å². The number of benzene rings is 6. The van der Waals surface area contributed by atoms with E-state index in [0.717, 1.165) is 22.6 Å². The topological polar surface area (TPSA) is 220 Å². The van der Waals surface area contributed by atoms with Crippen LogP contribution in [0.3, 0.4) is 0 Å². The van der Waals surface area contributed by atoms with Gasteiger partial charge in [0, 0.05) is 40.5 Å². The van der Waals surface area contributed by atoms with Crippen LogP contribution in [-0.2, 0) is 34.0 Å². The second-order valence-electron chi connectivity index (χ2n) is 13.9. The summed E-state index contributed by atoms with van der Waals surface area (Å²) in [6.07, 6.45) is 3.42. The van der Waals surface area contributed by atoms with Gasteiger partial charge in [0.15, 0.2) is 0 Å². The number of hydrogen-bond donors (Lipinski definition) is 5. The highest BCUT2D eigenvalue weighted by Crippen LogP contribution is 2.27. The molecule has 0 spiro atoms. The third-order valence-electron chi connectivity index (χ3n) is 9.27. The van der Waals surface area contributed by atoms with E-state index >= 15 is 0 Å². The molecule has 0 aliphatic heterocycles. The van der Waals surface area contributed by atoms with Crippen LogP contribution in [0.5, 0.6) is 0 Å². The number of aromatic nitrogens is 6. The Hall–Kier alpha value is -7.70. The molecule has 314 valence electrons. The second-order valence-corrected chi connectivity index (χ2v) is 16.2. The summed E-state index contributed by atoms with van der Waals surface area (Å²) in [6.45, 7) is 0. The molecule has 2 aromatic heterocycles. The molecule has 8 aromatic rings. The van der Waals surface area contributed by atoms with Crippen molar-refractivity contribution in [1.29, 1.82) is 0 Å². The minimum absolute atomic E-state index is 0.0957. The van der Waals surface area contributed by atoms with Crippen LogP contribution < -0.4 is 21.3 Å². The second kappa shape index (κ2) is 19.3. The fourth-order valence-electron chi connectivity index (χ4n) is 6.39. The van der Waals surface area contributed by atoms with Crippen LogP contribution in [0.1, 0.15) is 33.9 Å². The van der Waals surface area contributed by atoms with Gasteiger partial charge in [-0.15, -0.1) is 0 Å². The lowest BCUT2D eigenvalue weighted by atomic mass is 10.1. The molecule has 0 fully saturated rings. The first-order valence-corrected chi connectivity index (χ1v) is 21.9. The van der Waals surface area contributed by atoms with Crippen molar-refractivity contribution in [3.63, 3.8) is 0 Å². The average molecular weight is 874 g/mol. The maximum absolute atomic E-state index is 12.8. The molecule has 0 radical (unpaired) electrons. The summed E-state index contributed by atoms with van der Waals surface area (Å²) >= 11 is -2.72. The van der Waals surface area contributed by atoms with Gasteiger partial charge in [-0.25, -0.2) is 4.98 Å². The van der Waals surface area contributed by atoms with Crippen LogP contribution >= 0.6 is 0 Å². The maximum atomic E-state index is 12.8. The average Bonchev–Trinajstić information content (AvgIpc) is 3.27. The van der Waals surface area contributed by atoms with E-state index in [4.69, 9.17) is 0 Å². The number of nitrogens with zero attached hydrogens (tertiary/aromatic N) is 6. The summed E-state index contributed by atoms with van der Waals surface area (Å²) in [5, 5.41) is 12.6. The molecule has 0 saturated heterocycles. The van der Waals surface area contributed by atoms with Crippen LogP contribution in [0.4, 0.5) is 46.5 Å². The number of anilines is 8. The molecule has 0 aliphatic rings. The molecule has 0 bridgehead atoms. The number of hydrogen-bond acceptors (Lipinski definition) is 14. The highest BCUT2D eigenvalue weighted by atomic mass is 32.2. The van der Waals surface area contributed by atoms with Crippen molar-refractivity contribution in [1.82, 2.24) is 29.9 Å². The molecule has 0 aliphatic carbocycles. The van der Waals surface area contributed by atoms with E-state index in [1.54, 1.807) is 18.2 Å². The SMILES string of the molecule is O=S([O-])c1cc(Nc2nc(Nc3ccccc3)nc(Nc3ccccc3)n2)ccc1/C=C/c1ccc(Cc2nc(Cc3ccccc3)nc(Nc3ccccc3)n2)cc1S(=O)(=O)O. The lowest BCUT2D eigenvalue weighted by Gasteiger charge is -2.14. The molecule has 6 aromatic carbocycles. The minimum Gasteiger partial charge on any atom is -0.768 e. The van der Waals surface area contributed by atoms with Crippen molar-refractivity contribution >= 4 is 79.9 Å². The molecular formula is C46H37N10O5S2-. The molecular weight excluding hydrogens is 837 g/mol. The van der Waals surface area contributed by atoms with E-state index in [2.05, 4.69) is 51.2 Å². The van der Waals surface area contributed by atoms with E-state index < -0.39 is 21.2 Å². The summed E-state index contributed by atoms with van der Waals surface area (Å²) < 4.78 is 61.0. The van der Waals surface area contributed by atoms with Gasteiger partial charge in [0.05, 0.1) is 0 Å². The number of para-hydroxylation sites is 3. The predicted octanol–water partition coefficient (Wildman–Crippen LogP) is 8.87. The van der Waals surface area contributed by atoms with Gasteiger partial charge in [-0.1, -0.05) is 115 Å². The van der Waals surface area contributed by atoms with Crippen molar-refractivity contribution < 1.29 is 21.7 Å². The minimum atomic E-state index is -4.74. The van der Waals surface area contributed by atoms with Crippen molar-refractivity contribution in [2.75, 3.05) is 21.3 Å². The monoisotopic (exact) mass is 873 g/mol.